The molecular formula is C34H22N4. The molecule has 6 aromatic rings. The zero-order valence-corrected chi connectivity index (χ0v) is 20.4. The van der Waals surface area contributed by atoms with Crippen LogP contribution in [0, 0.1) is 10.8 Å². The van der Waals surface area contributed by atoms with Gasteiger partial charge in [-0.05, 0) is 45.7 Å². The Labute approximate surface area is 220 Å². The third kappa shape index (κ3) is 3.54. The third-order valence-electron chi connectivity index (χ3n) is 7.13. The van der Waals surface area contributed by atoms with Crippen molar-refractivity contribution in [2.24, 2.45) is 0 Å². The fourth-order valence-electron chi connectivity index (χ4n) is 5.25. The highest BCUT2D eigenvalue weighted by Gasteiger charge is 2.19. The van der Waals surface area contributed by atoms with Gasteiger partial charge in [0.25, 0.3) is 0 Å². The van der Waals surface area contributed by atoms with Crippen LogP contribution in [-0.4, -0.2) is 21.4 Å². The van der Waals surface area contributed by atoms with Crippen LogP contribution in [0.15, 0.2) is 115 Å². The van der Waals surface area contributed by atoms with Crippen LogP contribution < -0.4 is 0 Å². The number of para-hydroxylation sites is 1. The van der Waals surface area contributed by atoms with Crippen molar-refractivity contribution in [3.8, 4) is 33.8 Å². The lowest BCUT2D eigenvalue weighted by molar-refractivity contribution is 1.23. The summed E-state index contributed by atoms with van der Waals surface area (Å²) in [6.45, 7) is 0. The minimum atomic E-state index is 0.220. The molecule has 1 aromatic heterocycles. The number of hydrogen-bond acceptors (Lipinski definition) is 4. The lowest BCUT2D eigenvalue weighted by Gasteiger charge is -2.17. The van der Waals surface area contributed by atoms with Crippen molar-refractivity contribution in [2.45, 2.75) is 0 Å². The Morgan fingerprint density at radius 2 is 1.29 bits per heavy atom. The summed E-state index contributed by atoms with van der Waals surface area (Å²) in [5.41, 5.74) is 8.15. The molecular weight excluding hydrogens is 464 g/mol. The molecule has 0 radical (unpaired) electrons. The molecule has 1 aliphatic rings. The summed E-state index contributed by atoms with van der Waals surface area (Å²) in [5, 5.41) is 19.7. The molecule has 0 bridgehead atoms. The largest absolute Gasteiger partial charge is 0.299 e. The van der Waals surface area contributed by atoms with Crippen molar-refractivity contribution in [1.82, 2.24) is 9.97 Å². The minimum Gasteiger partial charge on any atom is -0.299 e. The monoisotopic (exact) mass is 486 g/mol. The van der Waals surface area contributed by atoms with Crippen LogP contribution in [-0.2, 0) is 0 Å². The highest BCUT2D eigenvalue weighted by Crippen LogP contribution is 2.37. The Hall–Kier alpha value is -5.22. The molecule has 5 aromatic carbocycles. The first-order chi connectivity index (χ1) is 18.7. The molecule has 178 valence electrons. The lowest BCUT2D eigenvalue weighted by atomic mass is 9.88. The Kier molecular flexibility index (Phi) is 5.05. The lowest BCUT2D eigenvalue weighted by Crippen LogP contribution is -2.16. The maximum Gasteiger partial charge on any atom is 0.160 e. The van der Waals surface area contributed by atoms with E-state index in [1.165, 1.54) is 0 Å². The fraction of sp³-hybridized carbons (Fsp3) is 0. The smallest absolute Gasteiger partial charge is 0.160 e. The van der Waals surface area contributed by atoms with Gasteiger partial charge in [0.05, 0.1) is 22.6 Å². The molecule has 38 heavy (non-hydrogen) atoms. The van der Waals surface area contributed by atoms with Crippen LogP contribution in [0.5, 0.6) is 0 Å². The van der Waals surface area contributed by atoms with Crippen molar-refractivity contribution in [1.29, 1.82) is 10.8 Å². The highest BCUT2D eigenvalue weighted by molar-refractivity contribution is 6.53. The quantitative estimate of drug-likeness (QED) is 0.265. The number of hydrogen-bond donors (Lipinski definition) is 2. The topological polar surface area (TPSA) is 73.5 Å². The molecule has 0 fully saturated rings. The van der Waals surface area contributed by atoms with Gasteiger partial charge in [0.2, 0.25) is 0 Å². The van der Waals surface area contributed by atoms with Crippen molar-refractivity contribution >= 4 is 39.2 Å². The number of allylic oxidation sites excluding steroid dienone is 1. The molecule has 0 unspecified atom stereocenters. The molecule has 4 nitrogen and oxygen atoms in total. The predicted molar refractivity (Wildman–Crippen MR) is 157 cm³/mol. The van der Waals surface area contributed by atoms with E-state index in [2.05, 4.69) is 72.8 Å². The van der Waals surface area contributed by atoms with E-state index >= 15 is 0 Å². The van der Waals surface area contributed by atoms with Crippen molar-refractivity contribution in [2.75, 3.05) is 0 Å². The predicted octanol–water partition coefficient (Wildman–Crippen LogP) is 8.20. The molecule has 0 atom stereocenters. The van der Waals surface area contributed by atoms with Gasteiger partial charge in [-0.1, -0.05) is 103 Å². The molecule has 7 rings (SSSR count). The average Bonchev–Trinajstić information content (AvgIpc) is 2.98. The van der Waals surface area contributed by atoms with E-state index in [-0.39, 0.29) is 11.4 Å². The van der Waals surface area contributed by atoms with E-state index in [9.17, 15) is 0 Å². The van der Waals surface area contributed by atoms with Gasteiger partial charge in [0.1, 0.15) is 0 Å². The Bertz CT molecular complexity index is 1950. The molecule has 4 heteroatoms. The van der Waals surface area contributed by atoms with E-state index in [0.29, 0.717) is 5.82 Å². The number of benzene rings is 5. The van der Waals surface area contributed by atoms with Crippen LogP contribution in [0.2, 0.25) is 0 Å². The third-order valence-corrected chi connectivity index (χ3v) is 7.13. The molecule has 0 saturated carbocycles. The van der Waals surface area contributed by atoms with Crippen LogP contribution in [0.1, 0.15) is 11.1 Å². The van der Waals surface area contributed by atoms with Crippen molar-refractivity contribution in [3.05, 3.63) is 126 Å². The molecule has 0 aliphatic heterocycles. The molecule has 0 saturated heterocycles. The van der Waals surface area contributed by atoms with Crippen LogP contribution >= 0.6 is 0 Å². The zero-order valence-electron chi connectivity index (χ0n) is 20.4. The Balaban J connectivity index is 1.48. The van der Waals surface area contributed by atoms with E-state index in [1.54, 1.807) is 6.08 Å². The first-order valence-corrected chi connectivity index (χ1v) is 12.5. The summed E-state index contributed by atoms with van der Waals surface area (Å²) in [6, 6.07) is 37.1. The molecule has 2 N–H and O–H groups in total. The van der Waals surface area contributed by atoms with Gasteiger partial charge >= 0.3 is 0 Å². The van der Waals surface area contributed by atoms with E-state index < -0.39 is 0 Å². The van der Waals surface area contributed by atoms with Crippen LogP contribution in [0.25, 0.3) is 61.5 Å². The number of aromatic nitrogens is 2. The highest BCUT2D eigenvalue weighted by atomic mass is 14.9. The number of fused-ring (bicyclic) bond motifs is 4. The maximum absolute atomic E-state index is 8.59. The second-order valence-corrected chi connectivity index (χ2v) is 9.41. The SMILES string of the molecule is N=C1C=Cc2ccc3ccc(-c4nc(-c5ccccc5-c5ccccc5)c5ccccc5n4)cc3c2C1=N. The summed E-state index contributed by atoms with van der Waals surface area (Å²) in [6.07, 6.45) is 3.59. The number of nitrogens with zero attached hydrogens (tertiary/aromatic N) is 2. The first-order valence-electron chi connectivity index (χ1n) is 12.5. The first kappa shape index (κ1) is 22.0. The van der Waals surface area contributed by atoms with E-state index in [0.717, 1.165) is 60.8 Å². The number of rotatable bonds is 3. The number of nitrogens with one attached hydrogen (secondary N) is 2. The summed E-state index contributed by atoms with van der Waals surface area (Å²) in [5.74, 6) is 0.633. The zero-order chi connectivity index (χ0) is 25.6. The minimum absolute atomic E-state index is 0.220. The second-order valence-electron chi connectivity index (χ2n) is 9.41. The van der Waals surface area contributed by atoms with E-state index in [4.69, 9.17) is 20.8 Å². The van der Waals surface area contributed by atoms with Crippen molar-refractivity contribution in [3.63, 3.8) is 0 Å². The van der Waals surface area contributed by atoms with Crippen LogP contribution in [0.4, 0.5) is 0 Å². The van der Waals surface area contributed by atoms with Gasteiger partial charge in [-0.15, -0.1) is 0 Å². The van der Waals surface area contributed by atoms with Crippen molar-refractivity contribution < 1.29 is 0 Å². The fourth-order valence-corrected chi connectivity index (χ4v) is 5.25. The summed E-state index contributed by atoms with van der Waals surface area (Å²) in [4.78, 5) is 10.1. The van der Waals surface area contributed by atoms with Gasteiger partial charge in [-0.3, -0.25) is 10.8 Å². The summed E-state index contributed by atoms with van der Waals surface area (Å²) < 4.78 is 0. The standard InChI is InChI=1S/C34H22N4/c35-29-19-18-23-16-14-22-15-17-24(20-28(22)31(23)32(29)36)34-37-30-13-7-6-12-27(30)33(38-34)26-11-5-4-10-25(26)21-8-2-1-3-9-21/h1-20,35-36H. The van der Waals surface area contributed by atoms with Gasteiger partial charge in [-0.2, -0.15) is 0 Å². The van der Waals surface area contributed by atoms with Gasteiger partial charge in [-0.25, -0.2) is 9.97 Å². The molecule has 1 heterocycles. The molecule has 0 amide bonds. The van der Waals surface area contributed by atoms with Crippen LogP contribution in [0.3, 0.4) is 0 Å². The van der Waals surface area contributed by atoms with Gasteiger partial charge < -0.3 is 0 Å². The Morgan fingerprint density at radius 1 is 0.553 bits per heavy atom. The maximum atomic E-state index is 8.59. The van der Waals surface area contributed by atoms with Gasteiger partial charge in [0, 0.05) is 22.1 Å². The molecule has 0 spiro atoms. The van der Waals surface area contributed by atoms with Gasteiger partial charge in [0.15, 0.2) is 5.82 Å². The molecule has 1 aliphatic carbocycles. The summed E-state index contributed by atoms with van der Waals surface area (Å²) >= 11 is 0. The summed E-state index contributed by atoms with van der Waals surface area (Å²) in [7, 11) is 0. The average molecular weight is 487 g/mol. The normalized spacial score (nSPS) is 12.7. The van der Waals surface area contributed by atoms with E-state index in [1.807, 2.05) is 42.5 Å². The Morgan fingerprint density at radius 3 is 2.16 bits per heavy atom. The second kappa shape index (κ2) is 8.71.